The van der Waals surface area contributed by atoms with Crippen molar-refractivity contribution in [2.75, 3.05) is 18.8 Å². The van der Waals surface area contributed by atoms with Crippen LogP contribution in [-0.2, 0) is 16.4 Å². The first kappa shape index (κ1) is 18.7. The van der Waals surface area contributed by atoms with Crippen molar-refractivity contribution in [3.8, 4) is 0 Å². The zero-order valence-electron chi connectivity index (χ0n) is 14.5. The molecule has 7 nitrogen and oxygen atoms in total. The van der Waals surface area contributed by atoms with Crippen LogP contribution >= 0.6 is 11.3 Å². The second-order valence-electron chi connectivity index (χ2n) is 6.01. The predicted molar refractivity (Wildman–Crippen MR) is 98.9 cm³/mol. The van der Waals surface area contributed by atoms with Crippen LogP contribution in [0, 0.1) is 13.8 Å². The van der Waals surface area contributed by atoms with Gasteiger partial charge >= 0.3 is 0 Å². The standard InChI is InChI=1S/C17H19N3O4S2/c1-11-15(25-12(2)19-11)7-8-18-26(23,24)10-9-20-16(21)13-5-3-4-6-14(13)17(20)22/h3-6,18H,7-10H2,1-2H3. The lowest BCUT2D eigenvalue weighted by molar-refractivity contribution is 0.0664. The third kappa shape index (κ3) is 3.84. The van der Waals surface area contributed by atoms with Gasteiger partial charge in [0.05, 0.1) is 27.6 Å². The maximum atomic E-state index is 12.2. The lowest BCUT2D eigenvalue weighted by atomic mass is 10.1. The molecule has 0 spiro atoms. The third-order valence-electron chi connectivity index (χ3n) is 4.14. The minimum Gasteiger partial charge on any atom is -0.273 e. The lowest BCUT2D eigenvalue weighted by Gasteiger charge is -2.14. The summed E-state index contributed by atoms with van der Waals surface area (Å²) >= 11 is 1.55. The molecule has 0 saturated heterocycles. The molecule has 2 amide bonds. The number of rotatable bonds is 7. The van der Waals surface area contributed by atoms with Crippen molar-refractivity contribution >= 4 is 33.2 Å². The van der Waals surface area contributed by atoms with E-state index >= 15 is 0 Å². The molecule has 9 heteroatoms. The molecule has 0 fully saturated rings. The Morgan fingerprint density at radius 3 is 2.27 bits per heavy atom. The topological polar surface area (TPSA) is 96.4 Å². The van der Waals surface area contributed by atoms with E-state index in [1.807, 2.05) is 13.8 Å². The third-order valence-corrected chi connectivity index (χ3v) is 6.63. The maximum absolute atomic E-state index is 12.2. The first-order valence-electron chi connectivity index (χ1n) is 8.14. The summed E-state index contributed by atoms with van der Waals surface area (Å²) in [5, 5.41) is 0.950. The number of imide groups is 1. The number of thiazole rings is 1. The fourth-order valence-electron chi connectivity index (χ4n) is 2.85. The minimum absolute atomic E-state index is 0.166. The van der Waals surface area contributed by atoms with Crippen LogP contribution in [0.15, 0.2) is 24.3 Å². The summed E-state index contributed by atoms with van der Waals surface area (Å²) < 4.78 is 26.9. The first-order chi connectivity index (χ1) is 12.3. The fourth-order valence-corrected chi connectivity index (χ4v) is 4.77. The molecule has 0 radical (unpaired) electrons. The smallest absolute Gasteiger partial charge is 0.261 e. The monoisotopic (exact) mass is 393 g/mol. The van der Waals surface area contributed by atoms with E-state index in [2.05, 4.69) is 9.71 Å². The number of hydrogen-bond donors (Lipinski definition) is 1. The molecule has 1 aliphatic rings. The molecule has 2 heterocycles. The molecule has 0 unspecified atom stereocenters. The molecule has 0 atom stereocenters. The van der Waals surface area contributed by atoms with Crippen molar-refractivity contribution in [1.29, 1.82) is 0 Å². The van der Waals surface area contributed by atoms with E-state index in [0.29, 0.717) is 17.5 Å². The van der Waals surface area contributed by atoms with Gasteiger partial charge in [0, 0.05) is 18.0 Å². The number of sulfonamides is 1. The van der Waals surface area contributed by atoms with Gasteiger partial charge in [-0.25, -0.2) is 18.1 Å². The molecule has 0 aliphatic carbocycles. The van der Waals surface area contributed by atoms with E-state index in [4.69, 9.17) is 0 Å². The molecule has 0 saturated carbocycles. The number of hydrogen-bond acceptors (Lipinski definition) is 6. The van der Waals surface area contributed by atoms with E-state index in [0.717, 1.165) is 20.5 Å². The number of amides is 2. The zero-order valence-corrected chi connectivity index (χ0v) is 16.1. The fraction of sp³-hybridized carbons (Fsp3) is 0.353. The number of nitrogens with one attached hydrogen (secondary N) is 1. The van der Waals surface area contributed by atoms with Gasteiger partial charge in [-0.3, -0.25) is 14.5 Å². The molecule has 1 aromatic heterocycles. The molecule has 26 heavy (non-hydrogen) atoms. The van der Waals surface area contributed by atoms with Crippen LogP contribution in [0.25, 0.3) is 0 Å². The molecule has 0 bridgehead atoms. The molecule has 3 rings (SSSR count). The lowest BCUT2D eigenvalue weighted by Crippen LogP contribution is -2.38. The molecule has 2 aromatic rings. The Balaban J connectivity index is 1.55. The number of carbonyl (C=O) groups excluding carboxylic acids is 2. The Labute approximate surface area is 156 Å². The summed E-state index contributed by atoms with van der Waals surface area (Å²) in [5.41, 5.74) is 1.55. The summed E-state index contributed by atoms with van der Waals surface area (Å²) in [7, 11) is -3.59. The van der Waals surface area contributed by atoms with Crippen LogP contribution in [0.5, 0.6) is 0 Å². The maximum Gasteiger partial charge on any atom is 0.261 e. The molecular weight excluding hydrogens is 374 g/mol. The highest BCUT2D eigenvalue weighted by molar-refractivity contribution is 7.89. The number of benzene rings is 1. The van der Waals surface area contributed by atoms with E-state index in [-0.39, 0.29) is 18.8 Å². The Morgan fingerprint density at radius 1 is 1.12 bits per heavy atom. The van der Waals surface area contributed by atoms with Crippen molar-refractivity contribution in [2.45, 2.75) is 20.3 Å². The molecule has 1 aliphatic heterocycles. The van der Waals surface area contributed by atoms with Crippen molar-refractivity contribution in [3.63, 3.8) is 0 Å². The van der Waals surface area contributed by atoms with E-state index < -0.39 is 21.8 Å². The van der Waals surface area contributed by atoms with Gasteiger partial charge < -0.3 is 0 Å². The molecule has 1 N–H and O–H groups in total. The van der Waals surface area contributed by atoms with Gasteiger partial charge in [0.2, 0.25) is 10.0 Å². The Kier molecular flexibility index (Phi) is 5.22. The second-order valence-corrected chi connectivity index (χ2v) is 9.23. The zero-order chi connectivity index (χ0) is 18.9. The number of nitrogens with zero attached hydrogens (tertiary/aromatic N) is 2. The average molecular weight is 393 g/mol. The first-order valence-corrected chi connectivity index (χ1v) is 10.6. The number of aryl methyl sites for hydroxylation is 2. The van der Waals surface area contributed by atoms with Crippen LogP contribution < -0.4 is 4.72 Å². The molecule has 138 valence electrons. The van der Waals surface area contributed by atoms with Crippen molar-refractivity contribution in [1.82, 2.24) is 14.6 Å². The van der Waals surface area contributed by atoms with Crippen LogP contribution in [-0.4, -0.2) is 49.0 Å². The second kappa shape index (κ2) is 7.26. The Hall–Kier alpha value is -2.10. The van der Waals surface area contributed by atoms with Crippen LogP contribution in [0.4, 0.5) is 0 Å². The minimum atomic E-state index is -3.59. The predicted octanol–water partition coefficient (Wildman–Crippen LogP) is 1.52. The number of fused-ring (bicyclic) bond motifs is 1. The van der Waals surface area contributed by atoms with Crippen molar-refractivity contribution < 1.29 is 18.0 Å². The summed E-state index contributed by atoms with van der Waals surface area (Å²) in [4.78, 5) is 30.8. The van der Waals surface area contributed by atoms with Gasteiger partial charge in [-0.1, -0.05) is 12.1 Å². The Bertz CT molecular complexity index is 931. The summed E-state index contributed by atoms with van der Waals surface area (Å²) in [6.07, 6.45) is 0.559. The van der Waals surface area contributed by atoms with E-state index in [1.54, 1.807) is 35.6 Å². The largest absolute Gasteiger partial charge is 0.273 e. The van der Waals surface area contributed by atoms with Crippen molar-refractivity contribution in [2.24, 2.45) is 0 Å². The van der Waals surface area contributed by atoms with Crippen LogP contribution in [0.2, 0.25) is 0 Å². The quantitative estimate of drug-likeness (QED) is 0.720. The van der Waals surface area contributed by atoms with Crippen LogP contribution in [0.1, 0.15) is 36.3 Å². The van der Waals surface area contributed by atoms with Gasteiger partial charge in [-0.05, 0) is 32.4 Å². The summed E-state index contributed by atoms with van der Waals surface area (Å²) in [5.74, 6) is -1.22. The van der Waals surface area contributed by atoms with Gasteiger partial charge in [-0.2, -0.15) is 0 Å². The molecule has 1 aromatic carbocycles. The highest BCUT2D eigenvalue weighted by Crippen LogP contribution is 2.22. The SMILES string of the molecule is Cc1nc(C)c(CCNS(=O)(=O)CCN2C(=O)c3ccccc3C2=O)s1. The highest BCUT2D eigenvalue weighted by atomic mass is 32.2. The van der Waals surface area contributed by atoms with Gasteiger partial charge in [0.25, 0.3) is 11.8 Å². The van der Waals surface area contributed by atoms with Gasteiger partial charge in [0.1, 0.15) is 0 Å². The van der Waals surface area contributed by atoms with Crippen molar-refractivity contribution in [3.05, 3.63) is 51.0 Å². The highest BCUT2D eigenvalue weighted by Gasteiger charge is 2.35. The van der Waals surface area contributed by atoms with Crippen LogP contribution in [0.3, 0.4) is 0 Å². The Morgan fingerprint density at radius 2 is 1.73 bits per heavy atom. The normalized spacial score (nSPS) is 14.2. The van der Waals surface area contributed by atoms with E-state index in [9.17, 15) is 18.0 Å². The van der Waals surface area contributed by atoms with Gasteiger partial charge in [-0.15, -0.1) is 11.3 Å². The summed E-state index contributed by atoms with van der Waals surface area (Å²) in [6.45, 7) is 3.90. The summed E-state index contributed by atoms with van der Waals surface area (Å²) in [6, 6.07) is 6.49. The van der Waals surface area contributed by atoms with Gasteiger partial charge in [0.15, 0.2) is 0 Å². The number of aromatic nitrogens is 1. The van der Waals surface area contributed by atoms with E-state index in [1.165, 1.54) is 0 Å². The molecular formula is C17H19N3O4S2. The number of carbonyl (C=O) groups is 2. The average Bonchev–Trinajstić information content (AvgIpc) is 3.03.